The highest BCUT2D eigenvalue weighted by Gasteiger charge is 2.30. The van der Waals surface area contributed by atoms with Gasteiger partial charge in [-0.25, -0.2) is 4.99 Å². The lowest BCUT2D eigenvalue weighted by Gasteiger charge is -2.14. The van der Waals surface area contributed by atoms with Gasteiger partial charge in [0.2, 0.25) is 0 Å². The lowest BCUT2D eigenvalue weighted by atomic mass is 10.2. The Bertz CT molecular complexity index is 1060. The van der Waals surface area contributed by atoms with Gasteiger partial charge in [0.15, 0.2) is 16.7 Å². The Balaban J connectivity index is 1.91. The number of benzene rings is 2. The Morgan fingerprint density at radius 2 is 2.03 bits per heavy atom. The number of rotatable bonds is 7. The standard InChI is InChI=1S/C22H21BrClIN2O3S/c1-4-8-30-20-17(25)9-13(10-18(20)29-5-2)11-19-21(28)27(3)22(31-19)26-14-6-7-15(23)16(24)12-14/h6-7,9-12H,4-5,8H2,1-3H3/b19-11+,26-22?. The lowest BCUT2D eigenvalue weighted by Crippen LogP contribution is -2.23. The summed E-state index contributed by atoms with van der Waals surface area (Å²) in [4.78, 5) is 19.5. The second-order valence-corrected chi connectivity index (χ2v) is 10.0. The zero-order valence-corrected chi connectivity index (χ0v) is 22.6. The van der Waals surface area contributed by atoms with Crippen LogP contribution in [-0.4, -0.2) is 36.2 Å². The third-order valence-corrected chi connectivity index (χ3v) is 7.31. The number of carbonyl (C=O) groups is 1. The molecule has 0 radical (unpaired) electrons. The molecule has 0 aliphatic carbocycles. The molecule has 31 heavy (non-hydrogen) atoms. The van der Waals surface area contributed by atoms with Gasteiger partial charge < -0.3 is 9.47 Å². The van der Waals surface area contributed by atoms with Crippen molar-refractivity contribution in [2.45, 2.75) is 20.3 Å². The molecule has 164 valence electrons. The van der Waals surface area contributed by atoms with E-state index in [1.54, 1.807) is 18.0 Å². The number of aliphatic imine (C=N–C) groups is 1. The molecule has 0 saturated carbocycles. The highest BCUT2D eigenvalue weighted by atomic mass is 127. The molecule has 1 amide bonds. The third kappa shape index (κ3) is 5.97. The molecule has 1 heterocycles. The van der Waals surface area contributed by atoms with Gasteiger partial charge in [-0.15, -0.1) is 0 Å². The molecular weight excluding hydrogens is 615 g/mol. The smallest absolute Gasteiger partial charge is 0.266 e. The van der Waals surface area contributed by atoms with Gasteiger partial charge in [0, 0.05) is 11.5 Å². The van der Waals surface area contributed by atoms with Gasteiger partial charge >= 0.3 is 0 Å². The van der Waals surface area contributed by atoms with Crippen LogP contribution in [-0.2, 0) is 4.79 Å². The first kappa shape index (κ1) is 24.4. The minimum Gasteiger partial charge on any atom is -0.490 e. The minimum atomic E-state index is -0.105. The highest BCUT2D eigenvalue weighted by molar-refractivity contribution is 14.1. The summed E-state index contributed by atoms with van der Waals surface area (Å²) >= 11 is 13.1. The first-order chi connectivity index (χ1) is 14.8. The molecule has 0 unspecified atom stereocenters. The van der Waals surface area contributed by atoms with Crippen LogP contribution in [0, 0.1) is 3.57 Å². The van der Waals surface area contributed by atoms with Crippen molar-refractivity contribution in [3.8, 4) is 11.5 Å². The van der Waals surface area contributed by atoms with E-state index in [9.17, 15) is 4.79 Å². The van der Waals surface area contributed by atoms with Crippen molar-refractivity contribution in [2.75, 3.05) is 20.3 Å². The molecule has 0 aromatic heterocycles. The molecule has 3 rings (SSSR count). The average molecular weight is 636 g/mol. The van der Waals surface area contributed by atoms with Crippen LogP contribution in [0.2, 0.25) is 5.02 Å². The topological polar surface area (TPSA) is 51.1 Å². The summed E-state index contributed by atoms with van der Waals surface area (Å²) < 4.78 is 13.4. The minimum absolute atomic E-state index is 0.105. The summed E-state index contributed by atoms with van der Waals surface area (Å²) in [5, 5.41) is 1.16. The van der Waals surface area contributed by atoms with Crippen LogP contribution in [0.1, 0.15) is 25.8 Å². The van der Waals surface area contributed by atoms with E-state index in [1.165, 1.54) is 11.8 Å². The average Bonchev–Trinajstić information content (AvgIpc) is 2.98. The molecule has 9 heteroatoms. The molecule has 0 atom stereocenters. The second kappa shape index (κ2) is 11.1. The molecule has 1 aliphatic rings. The maximum Gasteiger partial charge on any atom is 0.266 e. The van der Waals surface area contributed by atoms with E-state index in [4.69, 9.17) is 21.1 Å². The van der Waals surface area contributed by atoms with Crippen molar-refractivity contribution in [3.63, 3.8) is 0 Å². The number of hydrogen-bond donors (Lipinski definition) is 0. The number of amides is 1. The number of halogens is 3. The zero-order chi connectivity index (χ0) is 22.5. The van der Waals surface area contributed by atoms with Crippen molar-refractivity contribution in [3.05, 3.63) is 53.9 Å². The monoisotopic (exact) mass is 634 g/mol. The van der Waals surface area contributed by atoms with Crippen LogP contribution in [0.3, 0.4) is 0 Å². The molecule has 0 bridgehead atoms. The lowest BCUT2D eigenvalue weighted by molar-refractivity contribution is -0.121. The van der Waals surface area contributed by atoms with Crippen LogP contribution in [0.15, 0.2) is 44.7 Å². The summed E-state index contributed by atoms with van der Waals surface area (Å²) in [6, 6.07) is 9.32. The summed E-state index contributed by atoms with van der Waals surface area (Å²) in [6.45, 7) is 5.15. The van der Waals surface area contributed by atoms with Gasteiger partial charge in [-0.1, -0.05) is 18.5 Å². The van der Waals surface area contributed by atoms with Crippen LogP contribution < -0.4 is 9.47 Å². The van der Waals surface area contributed by atoms with Crippen molar-refractivity contribution in [1.82, 2.24) is 4.90 Å². The van der Waals surface area contributed by atoms with E-state index in [2.05, 4.69) is 50.4 Å². The fraction of sp³-hybridized carbons (Fsp3) is 0.273. The number of amidine groups is 1. The maximum atomic E-state index is 12.8. The Kier molecular flexibility index (Phi) is 8.72. The molecule has 1 aliphatic heterocycles. The summed E-state index contributed by atoms with van der Waals surface area (Å²) in [5.41, 5.74) is 1.55. The molecule has 2 aromatic carbocycles. The molecule has 5 nitrogen and oxygen atoms in total. The number of ether oxygens (including phenoxy) is 2. The predicted molar refractivity (Wildman–Crippen MR) is 141 cm³/mol. The quantitative estimate of drug-likeness (QED) is 0.240. The van der Waals surface area contributed by atoms with Gasteiger partial charge in [-0.05, 0) is 106 Å². The first-order valence-electron chi connectivity index (χ1n) is 9.64. The molecule has 0 N–H and O–H groups in total. The van der Waals surface area contributed by atoms with E-state index in [1.807, 2.05) is 37.3 Å². The Morgan fingerprint density at radius 3 is 2.71 bits per heavy atom. The largest absolute Gasteiger partial charge is 0.490 e. The highest BCUT2D eigenvalue weighted by Crippen LogP contribution is 2.38. The van der Waals surface area contributed by atoms with E-state index in [-0.39, 0.29) is 5.91 Å². The number of carbonyl (C=O) groups excluding carboxylic acids is 1. The summed E-state index contributed by atoms with van der Waals surface area (Å²) in [6.07, 6.45) is 2.77. The van der Waals surface area contributed by atoms with E-state index in [0.717, 1.165) is 25.8 Å². The fourth-order valence-corrected chi connectivity index (χ4v) is 4.94. The van der Waals surface area contributed by atoms with Crippen LogP contribution >= 0.6 is 61.9 Å². The van der Waals surface area contributed by atoms with E-state index >= 15 is 0 Å². The zero-order valence-electron chi connectivity index (χ0n) is 17.2. The Morgan fingerprint density at radius 1 is 1.26 bits per heavy atom. The van der Waals surface area contributed by atoms with Crippen molar-refractivity contribution in [2.24, 2.45) is 4.99 Å². The number of nitrogens with zero attached hydrogens (tertiary/aromatic N) is 2. The normalized spacial score (nSPS) is 16.5. The van der Waals surface area contributed by atoms with Gasteiger partial charge in [0.25, 0.3) is 5.91 Å². The number of thioether (sulfide) groups is 1. The molecular formula is C22H21BrClIN2O3S. The van der Waals surface area contributed by atoms with Gasteiger partial charge in [0.1, 0.15) is 0 Å². The van der Waals surface area contributed by atoms with Gasteiger partial charge in [-0.3, -0.25) is 9.69 Å². The Labute approximate surface area is 213 Å². The van der Waals surface area contributed by atoms with Gasteiger partial charge in [0.05, 0.1) is 32.4 Å². The second-order valence-electron chi connectivity index (χ2n) is 6.58. The molecule has 1 saturated heterocycles. The van der Waals surface area contributed by atoms with Gasteiger partial charge in [-0.2, -0.15) is 0 Å². The molecule has 1 fully saturated rings. The first-order valence-corrected chi connectivity index (χ1v) is 12.7. The summed E-state index contributed by atoms with van der Waals surface area (Å²) in [7, 11) is 1.71. The van der Waals surface area contributed by atoms with E-state index in [0.29, 0.717) is 39.7 Å². The summed E-state index contributed by atoms with van der Waals surface area (Å²) in [5.74, 6) is 1.31. The molecule has 0 spiro atoms. The molecule has 2 aromatic rings. The number of likely N-dealkylation sites (N-methyl/N-ethyl adjacent to an activating group) is 1. The SMILES string of the molecule is CCCOc1c(I)cc(/C=C2/SC(=Nc3ccc(Br)c(Cl)c3)N(C)C2=O)cc1OCC. The maximum absolute atomic E-state index is 12.8. The van der Waals surface area contributed by atoms with Crippen molar-refractivity contribution >= 4 is 84.7 Å². The van der Waals surface area contributed by atoms with Crippen LogP contribution in [0.4, 0.5) is 5.69 Å². The third-order valence-electron chi connectivity index (χ3n) is 4.21. The van der Waals surface area contributed by atoms with E-state index < -0.39 is 0 Å². The van der Waals surface area contributed by atoms with Crippen LogP contribution in [0.5, 0.6) is 11.5 Å². The number of hydrogen-bond acceptors (Lipinski definition) is 5. The fourth-order valence-electron chi connectivity index (χ4n) is 2.75. The Hall–Kier alpha value is -1.23. The van der Waals surface area contributed by atoms with Crippen LogP contribution in [0.25, 0.3) is 6.08 Å². The van der Waals surface area contributed by atoms with Crippen molar-refractivity contribution in [1.29, 1.82) is 0 Å². The van der Waals surface area contributed by atoms with Crippen molar-refractivity contribution < 1.29 is 14.3 Å². The predicted octanol–water partition coefficient (Wildman–Crippen LogP) is 7.13.